The Hall–Kier alpha value is -1.67. The Morgan fingerprint density at radius 2 is 1.70 bits per heavy atom. The number of aryl methyl sites for hydroxylation is 3. The molecule has 0 saturated heterocycles. The van der Waals surface area contributed by atoms with Gasteiger partial charge in [0.05, 0.1) is 0 Å². The second kappa shape index (κ2) is 6.67. The minimum atomic E-state index is 0.121. The summed E-state index contributed by atoms with van der Waals surface area (Å²) in [6.07, 6.45) is 4.72. The fourth-order valence-electron chi connectivity index (χ4n) is 2.62. The number of hydrogen-bond donors (Lipinski definition) is 1. The van der Waals surface area contributed by atoms with Gasteiger partial charge in [0.25, 0.3) is 0 Å². The zero-order valence-electron chi connectivity index (χ0n) is 12.7. The molecule has 20 heavy (non-hydrogen) atoms. The Morgan fingerprint density at radius 3 is 2.25 bits per heavy atom. The molecule has 1 atom stereocenters. The van der Waals surface area contributed by atoms with E-state index in [4.69, 9.17) is 5.73 Å². The summed E-state index contributed by atoms with van der Waals surface area (Å²) < 4.78 is 0. The smallest absolute Gasteiger partial charge is 0.0419 e. The number of aromatic nitrogens is 1. The van der Waals surface area contributed by atoms with Gasteiger partial charge < -0.3 is 5.73 Å². The summed E-state index contributed by atoms with van der Waals surface area (Å²) in [4.78, 5) is 4.49. The molecule has 2 aromatic rings. The second-order valence-electron chi connectivity index (χ2n) is 5.68. The Kier molecular flexibility index (Phi) is 4.91. The molecule has 0 aliphatic heterocycles. The average molecular weight is 268 g/mol. The molecule has 2 heteroatoms. The van der Waals surface area contributed by atoms with Crippen molar-refractivity contribution < 1.29 is 0 Å². The fourth-order valence-corrected chi connectivity index (χ4v) is 2.62. The zero-order chi connectivity index (χ0) is 14.5. The van der Waals surface area contributed by atoms with E-state index in [9.17, 15) is 0 Å². The minimum Gasteiger partial charge on any atom is -0.327 e. The van der Waals surface area contributed by atoms with Crippen LogP contribution in [0.2, 0.25) is 0 Å². The fraction of sp³-hybridized carbons (Fsp3) is 0.389. The van der Waals surface area contributed by atoms with Crippen LogP contribution in [0.1, 0.15) is 34.9 Å². The molecule has 2 rings (SSSR count). The Balaban J connectivity index is 1.98. The summed E-state index contributed by atoms with van der Waals surface area (Å²) in [5.41, 5.74) is 12.6. The largest absolute Gasteiger partial charge is 0.327 e. The van der Waals surface area contributed by atoms with Gasteiger partial charge in [-0.1, -0.05) is 42.3 Å². The van der Waals surface area contributed by atoms with Crippen LogP contribution >= 0.6 is 0 Å². The Labute approximate surface area is 122 Å². The number of nitrogens with zero attached hydrogens (tertiary/aromatic N) is 1. The van der Waals surface area contributed by atoms with Crippen LogP contribution in [0.3, 0.4) is 0 Å². The highest BCUT2D eigenvalue weighted by atomic mass is 14.7. The van der Waals surface area contributed by atoms with Gasteiger partial charge in [-0.3, -0.25) is 4.98 Å². The highest BCUT2D eigenvalue weighted by Crippen LogP contribution is 2.12. The summed E-state index contributed by atoms with van der Waals surface area (Å²) >= 11 is 0. The molecule has 0 spiro atoms. The van der Waals surface area contributed by atoms with Crippen molar-refractivity contribution in [2.24, 2.45) is 5.73 Å². The van der Waals surface area contributed by atoms with Crippen molar-refractivity contribution in [3.05, 3.63) is 64.5 Å². The Morgan fingerprint density at radius 1 is 1.00 bits per heavy atom. The van der Waals surface area contributed by atoms with Crippen LogP contribution in [0.4, 0.5) is 0 Å². The molecule has 0 fully saturated rings. The van der Waals surface area contributed by atoms with Crippen molar-refractivity contribution >= 4 is 0 Å². The summed E-state index contributed by atoms with van der Waals surface area (Å²) in [6, 6.07) is 11.0. The number of hydrogen-bond acceptors (Lipinski definition) is 2. The van der Waals surface area contributed by atoms with Gasteiger partial charge in [0.2, 0.25) is 0 Å². The molecule has 2 nitrogen and oxygen atoms in total. The van der Waals surface area contributed by atoms with Crippen LogP contribution in [-0.2, 0) is 19.3 Å². The van der Waals surface area contributed by atoms with E-state index in [0.29, 0.717) is 0 Å². The molecular formula is C18H24N2. The lowest BCUT2D eigenvalue weighted by atomic mass is 9.99. The highest BCUT2D eigenvalue weighted by molar-refractivity contribution is 5.29. The first-order chi connectivity index (χ1) is 9.56. The van der Waals surface area contributed by atoms with Crippen LogP contribution in [0.25, 0.3) is 0 Å². The lowest BCUT2D eigenvalue weighted by Gasteiger charge is -2.13. The molecule has 1 aromatic carbocycles. The van der Waals surface area contributed by atoms with Crippen LogP contribution in [0.5, 0.6) is 0 Å². The van der Waals surface area contributed by atoms with Gasteiger partial charge in [-0.05, 0) is 43.9 Å². The lowest BCUT2D eigenvalue weighted by Crippen LogP contribution is -2.26. The quantitative estimate of drug-likeness (QED) is 0.903. The number of benzene rings is 1. The predicted molar refractivity (Wildman–Crippen MR) is 84.9 cm³/mol. The molecule has 0 bridgehead atoms. The van der Waals surface area contributed by atoms with Gasteiger partial charge >= 0.3 is 0 Å². The first-order valence-electron chi connectivity index (χ1n) is 7.33. The zero-order valence-corrected chi connectivity index (χ0v) is 12.7. The first kappa shape index (κ1) is 14.7. The van der Waals surface area contributed by atoms with Gasteiger partial charge in [-0.15, -0.1) is 0 Å². The molecule has 2 N–H and O–H groups in total. The molecule has 106 valence electrons. The van der Waals surface area contributed by atoms with E-state index < -0.39 is 0 Å². The highest BCUT2D eigenvalue weighted by Gasteiger charge is 2.07. The standard InChI is InChI=1S/C18H24N2/c1-4-15-5-6-18(20-12-15)11-17(19)10-16-8-13(2)7-14(3)9-16/h5-9,12,17H,4,10-11,19H2,1-3H3. The Bertz CT molecular complexity index is 538. The SMILES string of the molecule is CCc1ccc(CC(N)Cc2cc(C)cc(C)c2)nc1. The van der Waals surface area contributed by atoms with Crippen molar-refractivity contribution in [1.82, 2.24) is 4.98 Å². The molecule has 0 radical (unpaired) electrons. The third kappa shape index (κ3) is 4.17. The summed E-state index contributed by atoms with van der Waals surface area (Å²) in [5.74, 6) is 0. The van der Waals surface area contributed by atoms with Crippen molar-refractivity contribution in [2.75, 3.05) is 0 Å². The normalized spacial score (nSPS) is 12.4. The summed E-state index contributed by atoms with van der Waals surface area (Å²) in [7, 11) is 0. The second-order valence-corrected chi connectivity index (χ2v) is 5.68. The third-order valence-electron chi connectivity index (χ3n) is 3.54. The number of pyridine rings is 1. The van der Waals surface area contributed by atoms with Crippen LogP contribution in [0, 0.1) is 13.8 Å². The summed E-state index contributed by atoms with van der Waals surface area (Å²) in [5, 5.41) is 0. The number of nitrogens with two attached hydrogens (primary N) is 1. The number of rotatable bonds is 5. The maximum atomic E-state index is 6.27. The lowest BCUT2D eigenvalue weighted by molar-refractivity contribution is 0.653. The molecular weight excluding hydrogens is 244 g/mol. The van der Waals surface area contributed by atoms with E-state index in [1.807, 2.05) is 6.20 Å². The van der Waals surface area contributed by atoms with E-state index in [1.54, 1.807) is 0 Å². The van der Waals surface area contributed by atoms with Crippen LogP contribution in [-0.4, -0.2) is 11.0 Å². The van der Waals surface area contributed by atoms with Crippen LogP contribution < -0.4 is 5.73 Å². The molecule has 0 amide bonds. The maximum absolute atomic E-state index is 6.27. The van der Waals surface area contributed by atoms with Gasteiger partial charge in [-0.25, -0.2) is 0 Å². The van der Waals surface area contributed by atoms with Crippen molar-refractivity contribution in [3.63, 3.8) is 0 Å². The molecule has 0 saturated carbocycles. The van der Waals surface area contributed by atoms with Crippen molar-refractivity contribution in [3.8, 4) is 0 Å². The minimum absolute atomic E-state index is 0.121. The molecule has 1 heterocycles. The van der Waals surface area contributed by atoms with E-state index in [2.05, 4.69) is 56.1 Å². The molecule has 0 aliphatic carbocycles. The topological polar surface area (TPSA) is 38.9 Å². The molecule has 1 aromatic heterocycles. The van der Waals surface area contributed by atoms with Gasteiger partial charge in [0.15, 0.2) is 0 Å². The predicted octanol–water partition coefficient (Wildman–Crippen LogP) is 3.37. The first-order valence-corrected chi connectivity index (χ1v) is 7.33. The summed E-state index contributed by atoms with van der Waals surface area (Å²) in [6.45, 7) is 6.41. The maximum Gasteiger partial charge on any atom is 0.0419 e. The van der Waals surface area contributed by atoms with E-state index in [-0.39, 0.29) is 6.04 Å². The van der Waals surface area contributed by atoms with Gasteiger partial charge in [-0.2, -0.15) is 0 Å². The molecule has 0 aliphatic rings. The average Bonchev–Trinajstić information content (AvgIpc) is 2.38. The van der Waals surface area contributed by atoms with E-state index in [0.717, 1.165) is 25.0 Å². The third-order valence-corrected chi connectivity index (χ3v) is 3.54. The monoisotopic (exact) mass is 268 g/mol. The van der Waals surface area contributed by atoms with E-state index in [1.165, 1.54) is 22.3 Å². The van der Waals surface area contributed by atoms with Gasteiger partial charge in [0.1, 0.15) is 0 Å². The van der Waals surface area contributed by atoms with Crippen molar-refractivity contribution in [1.29, 1.82) is 0 Å². The van der Waals surface area contributed by atoms with Crippen molar-refractivity contribution in [2.45, 2.75) is 46.1 Å². The van der Waals surface area contributed by atoms with E-state index >= 15 is 0 Å². The van der Waals surface area contributed by atoms with Gasteiger partial charge in [0, 0.05) is 24.4 Å². The molecule has 1 unspecified atom stereocenters. The van der Waals surface area contributed by atoms with Crippen LogP contribution in [0.15, 0.2) is 36.5 Å².